The van der Waals surface area contributed by atoms with Gasteiger partial charge in [-0.3, -0.25) is 14.4 Å². The van der Waals surface area contributed by atoms with Gasteiger partial charge in [-0.2, -0.15) is 0 Å². The fourth-order valence-corrected chi connectivity index (χ4v) is 6.12. The Morgan fingerprint density at radius 2 is 1.62 bits per heavy atom. The van der Waals surface area contributed by atoms with Crippen LogP contribution in [0.1, 0.15) is 15.9 Å². The van der Waals surface area contributed by atoms with Crippen LogP contribution in [-0.4, -0.2) is 28.5 Å². The molecule has 0 saturated carbocycles. The summed E-state index contributed by atoms with van der Waals surface area (Å²) in [5.74, 6) is -0.793. The highest BCUT2D eigenvalue weighted by Crippen LogP contribution is 2.28. The second-order valence-electron chi connectivity index (χ2n) is 8.76. The molecule has 0 aliphatic carbocycles. The Kier molecular flexibility index (Phi) is 9.98. The summed E-state index contributed by atoms with van der Waals surface area (Å²) >= 11 is 7.78. The molecule has 7 nitrogen and oxygen atoms in total. The Balaban J connectivity index is 1.19. The van der Waals surface area contributed by atoms with E-state index in [1.807, 2.05) is 65.4 Å². The van der Waals surface area contributed by atoms with Crippen LogP contribution in [0.25, 0.3) is 16.6 Å². The summed E-state index contributed by atoms with van der Waals surface area (Å²) in [6, 6.07) is 27.2. The van der Waals surface area contributed by atoms with Crippen LogP contribution in [0.4, 0.5) is 10.8 Å². The molecule has 42 heavy (non-hydrogen) atoms. The lowest BCUT2D eigenvalue weighted by Crippen LogP contribution is -2.30. The second-order valence-corrected chi connectivity index (χ2v) is 12.5. The van der Waals surface area contributed by atoms with E-state index >= 15 is 0 Å². The Labute approximate surface area is 263 Å². The van der Waals surface area contributed by atoms with Crippen molar-refractivity contribution in [2.24, 2.45) is 0 Å². The molecule has 0 fully saturated rings. The van der Waals surface area contributed by atoms with Gasteiger partial charge in [-0.1, -0.05) is 52.3 Å². The van der Waals surface area contributed by atoms with E-state index in [2.05, 4.69) is 36.9 Å². The quantitative estimate of drug-likeness (QED) is 0.104. The smallest absolute Gasteiger partial charge is 0.272 e. The van der Waals surface area contributed by atoms with Gasteiger partial charge in [0.2, 0.25) is 5.91 Å². The number of hydrogen-bond acceptors (Lipinski definition) is 7. The molecule has 11 heteroatoms. The number of thioether (sulfide) groups is 1. The molecule has 0 aliphatic heterocycles. The molecule has 3 amide bonds. The third kappa shape index (κ3) is 8.26. The molecule has 210 valence electrons. The van der Waals surface area contributed by atoms with Gasteiger partial charge >= 0.3 is 0 Å². The summed E-state index contributed by atoms with van der Waals surface area (Å²) in [7, 11) is 0. The predicted molar refractivity (Wildman–Crippen MR) is 176 cm³/mol. The molecule has 0 aliphatic rings. The molecule has 3 N–H and O–H groups in total. The van der Waals surface area contributed by atoms with E-state index in [9.17, 15) is 14.4 Å². The standard InChI is InChI=1S/C31H23BrN4O3S3/c32-22-10-8-20(9-11-22)17-25(34-29(38)21-5-2-1-3-6-21)30(39)33-23-12-14-24(15-13-23)41-19-28(37)36-31-35-26(18-42-31)27-7-4-16-40-27/h1-18H,19H2,(H,33,39)(H,34,38)(H,35,36,37)/b25-17-. The van der Waals surface area contributed by atoms with E-state index in [1.165, 1.54) is 23.1 Å². The van der Waals surface area contributed by atoms with E-state index in [-0.39, 0.29) is 23.3 Å². The first-order valence-corrected chi connectivity index (χ1v) is 16.1. The monoisotopic (exact) mass is 674 g/mol. The summed E-state index contributed by atoms with van der Waals surface area (Å²) in [4.78, 5) is 44.9. The Bertz CT molecular complexity index is 1700. The number of anilines is 2. The lowest BCUT2D eigenvalue weighted by molar-refractivity contribution is -0.114. The minimum absolute atomic E-state index is 0.103. The number of halogens is 1. The number of rotatable bonds is 10. The molecular formula is C31H23BrN4O3S3. The number of amides is 3. The largest absolute Gasteiger partial charge is 0.321 e. The molecule has 0 atom stereocenters. The number of benzene rings is 3. The first-order valence-electron chi connectivity index (χ1n) is 12.6. The van der Waals surface area contributed by atoms with Crippen LogP contribution in [0.5, 0.6) is 0 Å². The Morgan fingerprint density at radius 3 is 2.33 bits per heavy atom. The van der Waals surface area contributed by atoms with Gasteiger partial charge in [-0.05, 0) is 71.6 Å². The summed E-state index contributed by atoms with van der Waals surface area (Å²) in [5, 5.41) is 12.9. The highest BCUT2D eigenvalue weighted by atomic mass is 79.9. The average molecular weight is 676 g/mol. The van der Waals surface area contributed by atoms with Crippen molar-refractivity contribution in [2.75, 3.05) is 16.4 Å². The first-order chi connectivity index (χ1) is 20.4. The normalized spacial score (nSPS) is 11.1. The average Bonchev–Trinajstić information content (AvgIpc) is 3.71. The topological polar surface area (TPSA) is 100 Å². The number of hydrogen-bond donors (Lipinski definition) is 3. The van der Waals surface area contributed by atoms with Crippen LogP contribution in [0.15, 0.2) is 117 Å². The molecule has 0 bridgehead atoms. The molecular weight excluding hydrogens is 652 g/mol. The third-order valence-electron chi connectivity index (χ3n) is 5.72. The van der Waals surface area contributed by atoms with Crippen molar-refractivity contribution in [3.05, 3.63) is 123 Å². The van der Waals surface area contributed by atoms with Crippen molar-refractivity contribution in [1.82, 2.24) is 10.3 Å². The van der Waals surface area contributed by atoms with Gasteiger partial charge in [0, 0.05) is 26.0 Å². The van der Waals surface area contributed by atoms with Crippen LogP contribution in [0.3, 0.4) is 0 Å². The van der Waals surface area contributed by atoms with Crippen molar-refractivity contribution in [3.8, 4) is 10.6 Å². The van der Waals surface area contributed by atoms with E-state index in [1.54, 1.807) is 53.8 Å². The van der Waals surface area contributed by atoms with Crippen LogP contribution in [-0.2, 0) is 9.59 Å². The number of thiophene rings is 1. The zero-order chi connectivity index (χ0) is 29.3. The number of nitrogens with zero attached hydrogens (tertiary/aromatic N) is 1. The van der Waals surface area contributed by atoms with Crippen molar-refractivity contribution < 1.29 is 14.4 Å². The van der Waals surface area contributed by atoms with Crippen molar-refractivity contribution >= 4 is 85.0 Å². The van der Waals surface area contributed by atoms with Crippen molar-refractivity contribution in [2.45, 2.75) is 4.90 Å². The minimum atomic E-state index is -0.465. The number of aromatic nitrogens is 1. The van der Waals surface area contributed by atoms with Crippen molar-refractivity contribution in [3.63, 3.8) is 0 Å². The van der Waals surface area contributed by atoms with Gasteiger partial charge in [0.25, 0.3) is 11.8 Å². The van der Waals surface area contributed by atoms with Gasteiger partial charge in [0.05, 0.1) is 16.3 Å². The van der Waals surface area contributed by atoms with Gasteiger partial charge in [-0.25, -0.2) is 4.98 Å². The highest BCUT2D eigenvalue weighted by molar-refractivity contribution is 9.10. The SMILES string of the molecule is O=C(CSc1ccc(NC(=O)/C(=C/c2ccc(Br)cc2)NC(=O)c2ccccc2)cc1)Nc1nc(-c2cccs2)cs1. The summed E-state index contributed by atoms with van der Waals surface area (Å²) in [6.07, 6.45) is 1.62. The number of thiazole rings is 1. The minimum Gasteiger partial charge on any atom is -0.321 e. The van der Waals surface area contributed by atoms with Gasteiger partial charge in [-0.15, -0.1) is 34.4 Å². The lowest BCUT2D eigenvalue weighted by atomic mass is 10.1. The highest BCUT2D eigenvalue weighted by Gasteiger charge is 2.15. The molecule has 3 aromatic carbocycles. The molecule has 5 rings (SSSR count). The molecule has 0 unspecified atom stereocenters. The molecule has 0 saturated heterocycles. The van der Waals surface area contributed by atoms with Crippen LogP contribution in [0.2, 0.25) is 0 Å². The molecule has 2 heterocycles. The second kappa shape index (κ2) is 14.2. The zero-order valence-electron chi connectivity index (χ0n) is 21.9. The fraction of sp³-hybridized carbons (Fsp3) is 0.0323. The molecule has 0 radical (unpaired) electrons. The Hall–Kier alpha value is -4.03. The predicted octanol–water partition coefficient (Wildman–Crippen LogP) is 7.77. The van der Waals surface area contributed by atoms with E-state index < -0.39 is 5.91 Å². The van der Waals surface area contributed by atoms with Gasteiger partial charge in [0.1, 0.15) is 5.70 Å². The fourth-order valence-electron chi connectivity index (χ4n) is 3.67. The molecule has 2 aromatic heterocycles. The molecule has 5 aromatic rings. The molecule has 0 spiro atoms. The lowest BCUT2D eigenvalue weighted by Gasteiger charge is -2.12. The van der Waals surface area contributed by atoms with Gasteiger partial charge in [0.15, 0.2) is 5.13 Å². The van der Waals surface area contributed by atoms with Crippen molar-refractivity contribution in [1.29, 1.82) is 0 Å². The summed E-state index contributed by atoms with van der Waals surface area (Å²) in [6.45, 7) is 0. The summed E-state index contributed by atoms with van der Waals surface area (Å²) in [5.41, 5.74) is 2.70. The maximum absolute atomic E-state index is 13.2. The number of carbonyl (C=O) groups is 3. The van der Waals surface area contributed by atoms with Crippen LogP contribution < -0.4 is 16.0 Å². The summed E-state index contributed by atoms with van der Waals surface area (Å²) < 4.78 is 0.904. The van der Waals surface area contributed by atoms with Crippen LogP contribution >= 0.6 is 50.4 Å². The number of carbonyl (C=O) groups excluding carboxylic acids is 3. The maximum Gasteiger partial charge on any atom is 0.272 e. The van der Waals surface area contributed by atoms with E-state index in [4.69, 9.17) is 0 Å². The third-order valence-corrected chi connectivity index (χ3v) is 8.91. The van der Waals surface area contributed by atoms with E-state index in [0.29, 0.717) is 16.4 Å². The zero-order valence-corrected chi connectivity index (χ0v) is 25.9. The van der Waals surface area contributed by atoms with Crippen LogP contribution in [0, 0.1) is 0 Å². The van der Waals surface area contributed by atoms with E-state index in [0.717, 1.165) is 25.5 Å². The number of nitrogens with one attached hydrogen (secondary N) is 3. The first kappa shape index (κ1) is 29.5. The maximum atomic E-state index is 13.2. The van der Waals surface area contributed by atoms with Gasteiger partial charge < -0.3 is 16.0 Å². The Morgan fingerprint density at radius 1 is 0.857 bits per heavy atom.